The normalized spacial score (nSPS) is 10.8. The molecule has 0 saturated carbocycles. The molecule has 2 rings (SSSR count). The lowest BCUT2D eigenvalue weighted by atomic mass is 10.2. The third kappa shape index (κ3) is 4.20. The van der Waals surface area contributed by atoms with Crippen LogP contribution in [-0.2, 0) is 0 Å². The van der Waals surface area contributed by atoms with E-state index in [0.29, 0.717) is 24.4 Å². The highest BCUT2D eigenvalue weighted by Crippen LogP contribution is 2.24. The minimum atomic E-state index is 0.338. The maximum atomic E-state index is 10.6. The van der Waals surface area contributed by atoms with E-state index in [4.69, 9.17) is 9.15 Å². The molecule has 0 bridgehead atoms. The lowest BCUT2D eigenvalue weighted by Crippen LogP contribution is -2.27. The summed E-state index contributed by atoms with van der Waals surface area (Å²) in [7, 11) is 0. The Labute approximate surface area is 125 Å². The molecule has 0 aliphatic carbocycles. The monoisotopic (exact) mass is 287 g/mol. The van der Waals surface area contributed by atoms with E-state index < -0.39 is 0 Å². The van der Waals surface area contributed by atoms with Gasteiger partial charge < -0.3 is 14.1 Å². The van der Waals surface area contributed by atoms with Crippen molar-refractivity contribution in [2.45, 2.75) is 13.8 Å². The van der Waals surface area contributed by atoms with Crippen molar-refractivity contribution in [1.82, 2.24) is 4.90 Å². The van der Waals surface area contributed by atoms with Crippen LogP contribution in [-0.4, -0.2) is 37.4 Å². The van der Waals surface area contributed by atoms with Crippen molar-refractivity contribution in [2.24, 2.45) is 0 Å². The Morgan fingerprint density at radius 1 is 1.10 bits per heavy atom. The number of ether oxygens (including phenoxy) is 1. The minimum absolute atomic E-state index is 0.338. The Hall–Kier alpha value is -2.07. The van der Waals surface area contributed by atoms with Crippen LogP contribution in [0.5, 0.6) is 5.75 Å². The predicted molar refractivity (Wildman–Crippen MR) is 82.8 cm³/mol. The molecule has 0 unspecified atom stereocenters. The molecule has 0 aliphatic rings. The number of likely N-dealkylation sites (N-methyl/N-ethyl adjacent to an activating group) is 1. The van der Waals surface area contributed by atoms with E-state index in [-0.39, 0.29) is 0 Å². The fraction of sp³-hybridized carbons (Fsp3) is 0.353. The largest absolute Gasteiger partial charge is 0.492 e. The van der Waals surface area contributed by atoms with Gasteiger partial charge in [-0.1, -0.05) is 13.8 Å². The summed E-state index contributed by atoms with van der Waals surface area (Å²) in [5, 5.41) is 0. The summed E-state index contributed by atoms with van der Waals surface area (Å²) in [6, 6.07) is 11.2. The van der Waals surface area contributed by atoms with Crippen LogP contribution in [0.25, 0.3) is 11.3 Å². The molecule has 1 aromatic heterocycles. The number of carbonyl (C=O) groups is 1. The summed E-state index contributed by atoms with van der Waals surface area (Å²) in [6.45, 7) is 7.98. The van der Waals surface area contributed by atoms with Gasteiger partial charge in [0.15, 0.2) is 12.0 Å². The van der Waals surface area contributed by atoms with Crippen LogP contribution in [0.3, 0.4) is 0 Å². The molecule has 1 aromatic carbocycles. The van der Waals surface area contributed by atoms with E-state index in [1.54, 1.807) is 12.1 Å². The first-order valence-corrected chi connectivity index (χ1v) is 7.27. The van der Waals surface area contributed by atoms with Crippen LogP contribution in [0.15, 0.2) is 40.8 Å². The van der Waals surface area contributed by atoms with Crippen LogP contribution in [0.2, 0.25) is 0 Å². The molecule has 0 N–H and O–H groups in total. The number of benzene rings is 1. The molecule has 1 heterocycles. The van der Waals surface area contributed by atoms with Crippen molar-refractivity contribution < 1.29 is 13.9 Å². The average Bonchev–Trinajstić information content (AvgIpc) is 3.01. The standard InChI is InChI=1S/C17H21NO3/c1-3-18(4-2)11-12-20-15-7-5-14(6-8-15)17-10-9-16(13-19)21-17/h5-10,13H,3-4,11-12H2,1-2H3. The van der Waals surface area contributed by atoms with E-state index in [1.165, 1.54) is 0 Å². The van der Waals surface area contributed by atoms with Gasteiger partial charge in [-0.3, -0.25) is 4.79 Å². The molecule has 0 radical (unpaired) electrons. The quantitative estimate of drug-likeness (QED) is 0.697. The second-order valence-corrected chi connectivity index (χ2v) is 4.72. The number of hydrogen-bond acceptors (Lipinski definition) is 4. The Balaban J connectivity index is 1.91. The Morgan fingerprint density at radius 3 is 2.38 bits per heavy atom. The highest BCUT2D eigenvalue weighted by atomic mass is 16.5. The zero-order chi connectivity index (χ0) is 15.1. The lowest BCUT2D eigenvalue weighted by Gasteiger charge is -2.18. The number of nitrogens with zero attached hydrogens (tertiary/aromatic N) is 1. The van der Waals surface area contributed by atoms with E-state index in [2.05, 4.69) is 18.7 Å². The molecule has 0 spiro atoms. The third-order valence-corrected chi connectivity index (χ3v) is 3.45. The third-order valence-electron chi connectivity index (χ3n) is 3.45. The van der Waals surface area contributed by atoms with Gasteiger partial charge in [-0.2, -0.15) is 0 Å². The van der Waals surface area contributed by atoms with Gasteiger partial charge in [0.05, 0.1) is 0 Å². The summed E-state index contributed by atoms with van der Waals surface area (Å²) in [4.78, 5) is 12.9. The molecular weight excluding hydrogens is 266 g/mol. The highest BCUT2D eigenvalue weighted by Gasteiger charge is 2.05. The van der Waals surface area contributed by atoms with Crippen LogP contribution in [0.4, 0.5) is 0 Å². The van der Waals surface area contributed by atoms with Crippen LogP contribution in [0, 0.1) is 0 Å². The number of aldehydes is 1. The molecule has 4 heteroatoms. The van der Waals surface area contributed by atoms with Crippen molar-refractivity contribution in [3.63, 3.8) is 0 Å². The van der Waals surface area contributed by atoms with E-state index >= 15 is 0 Å². The van der Waals surface area contributed by atoms with Gasteiger partial charge in [0.2, 0.25) is 0 Å². The van der Waals surface area contributed by atoms with E-state index in [9.17, 15) is 4.79 Å². The van der Waals surface area contributed by atoms with Crippen molar-refractivity contribution in [2.75, 3.05) is 26.2 Å². The average molecular weight is 287 g/mol. The number of furan rings is 1. The molecule has 0 atom stereocenters. The first-order valence-electron chi connectivity index (χ1n) is 7.27. The summed E-state index contributed by atoms with van der Waals surface area (Å²) in [5.74, 6) is 1.87. The van der Waals surface area contributed by atoms with Gasteiger partial charge in [-0.05, 0) is 49.5 Å². The fourth-order valence-electron chi connectivity index (χ4n) is 2.12. The highest BCUT2D eigenvalue weighted by molar-refractivity contribution is 5.72. The first-order chi connectivity index (χ1) is 10.3. The second-order valence-electron chi connectivity index (χ2n) is 4.72. The lowest BCUT2D eigenvalue weighted by molar-refractivity contribution is 0.110. The molecule has 0 fully saturated rings. The van der Waals surface area contributed by atoms with Crippen LogP contribution < -0.4 is 4.74 Å². The Bertz CT molecular complexity index is 556. The zero-order valence-corrected chi connectivity index (χ0v) is 12.5. The Kier molecular flexibility index (Phi) is 5.58. The van der Waals surface area contributed by atoms with Gasteiger partial charge in [0, 0.05) is 12.1 Å². The van der Waals surface area contributed by atoms with Gasteiger partial charge in [0.1, 0.15) is 18.1 Å². The van der Waals surface area contributed by atoms with Crippen molar-refractivity contribution in [3.8, 4) is 17.1 Å². The van der Waals surface area contributed by atoms with Gasteiger partial charge in [0.25, 0.3) is 0 Å². The first kappa shape index (κ1) is 15.3. The second kappa shape index (κ2) is 7.64. The molecular formula is C17H21NO3. The topological polar surface area (TPSA) is 42.7 Å². The molecule has 2 aromatic rings. The summed E-state index contributed by atoms with van der Waals surface area (Å²) < 4.78 is 11.1. The summed E-state index contributed by atoms with van der Waals surface area (Å²) >= 11 is 0. The van der Waals surface area contributed by atoms with Crippen molar-refractivity contribution in [1.29, 1.82) is 0 Å². The van der Waals surface area contributed by atoms with E-state index in [0.717, 1.165) is 30.9 Å². The zero-order valence-electron chi connectivity index (χ0n) is 12.5. The fourth-order valence-corrected chi connectivity index (χ4v) is 2.12. The molecule has 4 nitrogen and oxygen atoms in total. The van der Waals surface area contributed by atoms with E-state index in [1.807, 2.05) is 24.3 Å². The van der Waals surface area contributed by atoms with Crippen LogP contribution >= 0.6 is 0 Å². The summed E-state index contributed by atoms with van der Waals surface area (Å²) in [5.41, 5.74) is 0.930. The minimum Gasteiger partial charge on any atom is -0.492 e. The smallest absolute Gasteiger partial charge is 0.185 e. The van der Waals surface area contributed by atoms with Gasteiger partial charge >= 0.3 is 0 Å². The maximum Gasteiger partial charge on any atom is 0.185 e. The summed E-state index contributed by atoms with van der Waals surface area (Å²) in [6.07, 6.45) is 0.703. The maximum absolute atomic E-state index is 10.6. The molecule has 0 amide bonds. The van der Waals surface area contributed by atoms with Gasteiger partial charge in [-0.25, -0.2) is 0 Å². The van der Waals surface area contributed by atoms with Crippen molar-refractivity contribution >= 4 is 6.29 Å². The molecule has 0 saturated heterocycles. The Morgan fingerprint density at radius 2 is 1.81 bits per heavy atom. The number of carbonyl (C=O) groups excluding carboxylic acids is 1. The van der Waals surface area contributed by atoms with Crippen molar-refractivity contribution in [3.05, 3.63) is 42.2 Å². The molecule has 0 aliphatic heterocycles. The number of rotatable bonds is 8. The molecule has 112 valence electrons. The van der Waals surface area contributed by atoms with Gasteiger partial charge in [-0.15, -0.1) is 0 Å². The van der Waals surface area contributed by atoms with Crippen LogP contribution in [0.1, 0.15) is 24.4 Å². The number of hydrogen-bond donors (Lipinski definition) is 0. The predicted octanol–water partition coefficient (Wildman–Crippen LogP) is 3.48. The molecule has 21 heavy (non-hydrogen) atoms. The SMILES string of the molecule is CCN(CC)CCOc1ccc(-c2ccc(C=O)o2)cc1.